The normalized spacial score (nSPS) is 11.7. The van der Waals surface area contributed by atoms with Crippen molar-refractivity contribution in [3.8, 4) is 10.6 Å². The number of carboxylic acid groups (broad SMARTS) is 1. The van der Waals surface area contributed by atoms with Gasteiger partial charge in [-0.25, -0.2) is 4.98 Å². The van der Waals surface area contributed by atoms with Gasteiger partial charge < -0.3 is 10.4 Å². The van der Waals surface area contributed by atoms with E-state index in [4.69, 9.17) is 16.7 Å². The number of rotatable bonds is 6. The van der Waals surface area contributed by atoms with Gasteiger partial charge in [-0.05, 0) is 17.7 Å². The Morgan fingerprint density at radius 3 is 2.46 bits per heavy atom. The molecule has 2 N–H and O–H groups in total. The molecule has 0 unspecified atom stereocenters. The Morgan fingerprint density at radius 1 is 1.12 bits per heavy atom. The topological polar surface area (TPSA) is 79.3 Å². The van der Waals surface area contributed by atoms with Crippen LogP contribution in [0.5, 0.6) is 0 Å². The number of aliphatic carboxylic acids is 1. The minimum absolute atomic E-state index is 0.204. The van der Waals surface area contributed by atoms with Gasteiger partial charge in [0.05, 0.1) is 12.5 Å². The first-order chi connectivity index (χ1) is 12.5. The Bertz CT molecular complexity index is 910. The number of carbonyl (C=O) groups excluding carboxylic acids is 1. The van der Waals surface area contributed by atoms with Crippen LogP contribution in [0.25, 0.3) is 10.6 Å². The summed E-state index contributed by atoms with van der Waals surface area (Å²) >= 11 is 7.23. The molecule has 0 aliphatic heterocycles. The Balaban J connectivity index is 1.77. The highest BCUT2D eigenvalue weighted by molar-refractivity contribution is 7.13. The predicted molar refractivity (Wildman–Crippen MR) is 101 cm³/mol. The van der Waals surface area contributed by atoms with Crippen molar-refractivity contribution in [3.05, 3.63) is 76.3 Å². The van der Waals surface area contributed by atoms with Crippen LogP contribution in [0.4, 0.5) is 0 Å². The van der Waals surface area contributed by atoms with E-state index in [0.717, 1.165) is 11.1 Å². The molecule has 1 heterocycles. The highest BCUT2D eigenvalue weighted by atomic mass is 35.5. The number of benzene rings is 2. The van der Waals surface area contributed by atoms with Crippen LogP contribution >= 0.6 is 22.9 Å². The van der Waals surface area contributed by atoms with Gasteiger partial charge in [-0.1, -0.05) is 54.1 Å². The molecule has 3 rings (SSSR count). The fourth-order valence-corrected chi connectivity index (χ4v) is 3.38. The molecule has 132 valence electrons. The Labute approximate surface area is 159 Å². The third-order valence-electron chi connectivity index (χ3n) is 3.71. The molecular weight excluding hydrogens is 372 g/mol. The number of thiazole rings is 1. The van der Waals surface area contributed by atoms with Crippen molar-refractivity contribution in [1.82, 2.24) is 10.3 Å². The molecule has 5 nitrogen and oxygen atoms in total. The summed E-state index contributed by atoms with van der Waals surface area (Å²) < 4.78 is 0. The number of hydrogen-bond acceptors (Lipinski definition) is 4. The number of carbonyl (C=O) groups is 2. The Morgan fingerprint density at radius 2 is 1.81 bits per heavy atom. The SMILES string of the molecule is O=C(O)C[C@H](NC(=O)c1csc(-c2ccc(Cl)cc2)n1)c1ccccc1. The van der Waals surface area contributed by atoms with Crippen LogP contribution in [0, 0.1) is 0 Å². The third-order valence-corrected chi connectivity index (χ3v) is 4.86. The van der Waals surface area contributed by atoms with E-state index in [1.165, 1.54) is 11.3 Å². The lowest BCUT2D eigenvalue weighted by molar-refractivity contribution is -0.137. The van der Waals surface area contributed by atoms with Crippen LogP contribution in [0.1, 0.15) is 28.5 Å². The molecule has 0 bridgehead atoms. The van der Waals surface area contributed by atoms with E-state index < -0.39 is 17.9 Å². The second kappa shape index (κ2) is 8.12. The maximum Gasteiger partial charge on any atom is 0.305 e. The van der Waals surface area contributed by atoms with Gasteiger partial charge >= 0.3 is 5.97 Å². The Kier molecular flexibility index (Phi) is 5.65. The summed E-state index contributed by atoms with van der Waals surface area (Å²) in [5.74, 6) is -1.39. The van der Waals surface area contributed by atoms with E-state index in [2.05, 4.69) is 10.3 Å². The largest absolute Gasteiger partial charge is 0.481 e. The lowest BCUT2D eigenvalue weighted by Crippen LogP contribution is -2.30. The van der Waals surface area contributed by atoms with Crippen molar-refractivity contribution in [1.29, 1.82) is 0 Å². The molecule has 0 aliphatic rings. The van der Waals surface area contributed by atoms with E-state index in [-0.39, 0.29) is 12.1 Å². The van der Waals surface area contributed by atoms with Crippen LogP contribution in [0.2, 0.25) is 5.02 Å². The highest BCUT2D eigenvalue weighted by Crippen LogP contribution is 2.25. The van der Waals surface area contributed by atoms with Crippen molar-refractivity contribution in [2.75, 3.05) is 0 Å². The number of amides is 1. The van der Waals surface area contributed by atoms with Gasteiger partial charge in [0.1, 0.15) is 10.7 Å². The monoisotopic (exact) mass is 386 g/mol. The second-order valence-corrected chi connectivity index (χ2v) is 6.87. The first-order valence-corrected chi connectivity index (χ1v) is 9.08. The Hall–Kier alpha value is -2.70. The summed E-state index contributed by atoms with van der Waals surface area (Å²) in [5.41, 5.74) is 1.85. The molecule has 0 saturated carbocycles. The molecule has 7 heteroatoms. The minimum atomic E-state index is -0.987. The van der Waals surface area contributed by atoms with Crippen molar-refractivity contribution < 1.29 is 14.7 Å². The van der Waals surface area contributed by atoms with Crippen molar-refractivity contribution >= 4 is 34.8 Å². The van der Waals surface area contributed by atoms with Crippen LogP contribution in [-0.2, 0) is 4.79 Å². The van der Waals surface area contributed by atoms with Gasteiger partial charge in [0.25, 0.3) is 5.91 Å². The van der Waals surface area contributed by atoms with Crippen molar-refractivity contribution in [2.24, 2.45) is 0 Å². The summed E-state index contributed by atoms with van der Waals surface area (Å²) in [7, 11) is 0. The molecule has 1 amide bonds. The average molecular weight is 387 g/mol. The summed E-state index contributed by atoms with van der Waals surface area (Å²) in [4.78, 5) is 28.0. The fourth-order valence-electron chi connectivity index (χ4n) is 2.45. The number of nitrogens with zero attached hydrogens (tertiary/aromatic N) is 1. The standard InChI is InChI=1S/C19H15ClN2O3S/c20-14-8-6-13(7-9-14)19-22-16(11-26-19)18(25)21-15(10-17(23)24)12-4-2-1-3-5-12/h1-9,11,15H,10H2,(H,21,25)(H,23,24)/t15-/m0/s1. The number of carboxylic acids is 1. The van der Waals surface area contributed by atoms with Gasteiger partial charge in [0, 0.05) is 16.0 Å². The maximum absolute atomic E-state index is 12.5. The number of halogens is 1. The fraction of sp³-hybridized carbons (Fsp3) is 0.105. The molecule has 3 aromatic rings. The van der Waals surface area contributed by atoms with E-state index in [1.807, 2.05) is 18.2 Å². The summed E-state index contributed by atoms with van der Waals surface area (Å²) in [6.07, 6.45) is -0.204. The average Bonchev–Trinajstić information content (AvgIpc) is 3.12. The number of nitrogens with one attached hydrogen (secondary N) is 1. The first-order valence-electron chi connectivity index (χ1n) is 7.82. The summed E-state index contributed by atoms with van der Waals surface area (Å²) in [5, 5.41) is 14.9. The molecule has 1 aromatic heterocycles. The summed E-state index contributed by atoms with van der Waals surface area (Å²) in [6, 6.07) is 15.6. The molecule has 2 aromatic carbocycles. The zero-order valence-electron chi connectivity index (χ0n) is 13.6. The van der Waals surface area contributed by atoms with Gasteiger partial charge in [-0.3, -0.25) is 9.59 Å². The van der Waals surface area contributed by atoms with Crippen molar-refractivity contribution in [2.45, 2.75) is 12.5 Å². The molecular formula is C19H15ClN2O3S. The molecule has 1 atom stereocenters. The molecule has 26 heavy (non-hydrogen) atoms. The van der Waals surface area contributed by atoms with Crippen LogP contribution in [0.15, 0.2) is 60.0 Å². The smallest absolute Gasteiger partial charge is 0.305 e. The second-order valence-electron chi connectivity index (χ2n) is 5.58. The molecule has 0 radical (unpaired) electrons. The molecule has 0 spiro atoms. The van der Waals surface area contributed by atoms with E-state index in [9.17, 15) is 9.59 Å². The lowest BCUT2D eigenvalue weighted by Gasteiger charge is -2.16. The molecule has 0 fully saturated rings. The van der Waals surface area contributed by atoms with E-state index in [0.29, 0.717) is 10.0 Å². The zero-order valence-corrected chi connectivity index (χ0v) is 15.1. The minimum Gasteiger partial charge on any atom is -0.481 e. The van der Waals surface area contributed by atoms with Crippen LogP contribution in [0.3, 0.4) is 0 Å². The lowest BCUT2D eigenvalue weighted by atomic mass is 10.0. The van der Waals surface area contributed by atoms with Gasteiger partial charge in [0.2, 0.25) is 0 Å². The van der Waals surface area contributed by atoms with E-state index >= 15 is 0 Å². The first kappa shape index (κ1) is 18.1. The predicted octanol–water partition coefficient (Wildman–Crippen LogP) is 4.41. The van der Waals surface area contributed by atoms with Crippen molar-refractivity contribution in [3.63, 3.8) is 0 Å². The number of hydrogen-bond donors (Lipinski definition) is 2. The third kappa shape index (κ3) is 4.47. The van der Waals surface area contributed by atoms with Crippen LogP contribution < -0.4 is 5.32 Å². The quantitative estimate of drug-likeness (QED) is 0.657. The maximum atomic E-state index is 12.5. The van der Waals surface area contributed by atoms with Gasteiger partial charge in [-0.2, -0.15) is 0 Å². The zero-order chi connectivity index (χ0) is 18.5. The highest BCUT2D eigenvalue weighted by Gasteiger charge is 2.20. The molecule has 0 aliphatic carbocycles. The van der Waals surface area contributed by atoms with Crippen LogP contribution in [-0.4, -0.2) is 22.0 Å². The number of aromatic nitrogens is 1. The van der Waals surface area contributed by atoms with E-state index in [1.54, 1.807) is 41.8 Å². The van der Waals surface area contributed by atoms with Gasteiger partial charge in [0.15, 0.2) is 0 Å². The molecule has 0 saturated heterocycles. The van der Waals surface area contributed by atoms with Gasteiger partial charge in [-0.15, -0.1) is 11.3 Å². The summed E-state index contributed by atoms with van der Waals surface area (Å²) in [6.45, 7) is 0.